The van der Waals surface area contributed by atoms with Gasteiger partial charge in [0.05, 0.1) is 12.0 Å². The molecule has 26 heavy (non-hydrogen) atoms. The predicted octanol–water partition coefficient (Wildman–Crippen LogP) is 2.76. The molecular formula is C19H27N5OS. The van der Waals surface area contributed by atoms with Gasteiger partial charge >= 0.3 is 0 Å². The number of hydrogen-bond acceptors (Lipinski definition) is 5. The molecular weight excluding hydrogens is 346 g/mol. The smallest absolute Gasteiger partial charge is 0.223 e. The molecule has 0 aromatic carbocycles. The Morgan fingerprint density at radius 3 is 2.77 bits per heavy atom. The lowest BCUT2D eigenvalue weighted by Crippen LogP contribution is -2.42. The molecule has 2 aliphatic rings. The summed E-state index contributed by atoms with van der Waals surface area (Å²) >= 11 is 1.84. The SMILES string of the molecule is Cc1nc([C@@H]2CN(Cc3ccc(C)s3)C[C@H]2NC(=O)C2CCCC2)n[nH]1. The number of H-pyrrole nitrogens is 1. The first kappa shape index (κ1) is 17.7. The van der Waals surface area contributed by atoms with E-state index in [4.69, 9.17) is 0 Å². The lowest BCUT2D eigenvalue weighted by Gasteiger charge is -2.20. The van der Waals surface area contributed by atoms with Gasteiger partial charge in [-0.1, -0.05) is 12.8 Å². The van der Waals surface area contributed by atoms with Crippen molar-refractivity contribution in [3.8, 4) is 0 Å². The van der Waals surface area contributed by atoms with Crippen LogP contribution in [0, 0.1) is 19.8 Å². The maximum atomic E-state index is 12.7. The molecule has 1 amide bonds. The molecule has 4 rings (SSSR count). The Morgan fingerprint density at radius 2 is 2.12 bits per heavy atom. The van der Waals surface area contributed by atoms with Crippen LogP contribution in [0.1, 0.15) is 53.0 Å². The van der Waals surface area contributed by atoms with E-state index in [1.165, 1.54) is 22.6 Å². The molecule has 2 aromatic heterocycles. The second-order valence-electron chi connectivity index (χ2n) is 7.69. The minimum absolute atomic E-state index is 0.0827. The first-order chi connectivity index (χ1) is 12.6. The number of aryl methyl sites for hydroxylation is 2. The van der Waals surface area contributed by atoms with Gasteiger partial charge in [-0.15, -0.1) is 11.3 Å². The van der Waals surface area contributed by atoms with Crippen LogP contribution in [0.2, 0.25) is 0 Å². The molecule has 1 saturated carbocycles. The highest BCUT2D eigenvalue weighted by Gasteiger charge is 2.38. The second kappa shape index (κ2) is 7.48. The van der Waals surface area contributed by atoms with E-state index in [-0.39, 0.29) is 23.8 Å². The number of hydrogen-bond donors (Lipinski definition) is 2. The zero-order valence-corrected chi connectivity index (χ0v) is 16.3. The monoisotopic (exact) mass is 373 g/mol. The third-order valence-electron chi connectivity index (χ3n) is 5.57. The van der Waals surface area contributed by atoms with E-state index in [0.717, 1.165) is 44.1 Å². The van der Waals surface area contributed by atoms with E-state index in [9.17, 15) is 4.79 Å². The van der Waals surface area contributed by atoms with Crippen LogP contribution in [-0.2, 0) is 11.3 Å². The van der Waals surface area contributed by atoms with Crippen molar-refractivity contribution in [2.45, 2.75) is 58.0 Å². The van der Waals surface area contributed by atoms with Crippen molar-refractivity contribution in [3.05, 3.63) is 33.5 Å². The minimum Gasteiger partial charge on any atom is -0.351 e. The molecule has 0 radical (unpaired) electrons. The first-order valence-corrected chi connectivity index (χ1v) is 10.4. The average molecular weight is 374 g/mol. The summed E-state index contributed by atoms with van der Waals surface area (Å²) < 4.78 is 0. The minimum atomic E-state index is 0.0827. The van der Waals surface area contributed by atoms with Crippen LogP contribution in [-0.4, -0.2) is 45.1 Å². The molecule has 6 nitrogen and oxygen atoms in total. The van der Waals surface area contributed by atoms with Crippen molar-refractivity contribution in [1.82, 2.24) is 25.4 Å². The van der Waals surface area contributed by atoms with Crippen molar-refractivity contribution in [3.63, 3.8) is 0 Å². The quantitative estimate of drug-likeness (QED) is 0.845. The topological polar surface area (TPSA) is 73.9 Å². The lowest BCUT2D eigenvalue weighted by atomic mass is 10.0. The zero-order valence-electron chi connectivity index (χ0n) is 15.5. The molecule has 1 aliphatic carbocycles. The summed E-state index contributed by atoms with van der Waals surface area (Å²) in [6.07, 6.45) is 4.41. The van der Waals surface area contributed by atoms with Crippen LogP contribution in [0.15, 0.2) is 12.1 Å². The summed E-state index contributed by atoms with van der Waals surface area (Å²) in [6.45, 7) is 6.72. The summed E-state index contributed by atoms with van der Waals surface area (Å²) in [5.74, 6) is 2.21. The fourth-order valence-electron chi connectivity index (χ4n) is 4.23. The maximum absolute atomic E-state index is 12.7. The largest absolute Gasteiger partial charge is 0.351 e. The summed E-state index contributed by atoms with van der Waals surface area (Å²) in [4.78, 5) is 22.4. The normalized spacial score (nSPS) is 24.4. The third-order valence-corrected chi connectivity index (χ3v) is 6.56. The van der Waals surface area contributed by atoms with Crippen LogP contribution in [0.4, 0.5) is 0 Å². The van der Waals surface area contributed by atoms with Crippen LogP contribution in [0.3, 0.4) is 0 Å². The van der Waals surface area contributed by atoms with Crippen LogP contribution >= 0.6 is 11.3 Å². The molecule has 1 saturated heterocycles. The molecule has 0 spiro atoms. The second-order valence-corrected chi connectivity index (χ2v) is 9.06. The van der Waals surface area contributed by atoms with E-state index in [1.54, 1.807) is 0 Å². The van der Waals surface area contributed by atoms with Gasteiger partial charge in [0.2, 0.25) is 5.91 Å². The zero-order chi connectivity index (χ0) is 18.1. The average Bonchev–Trinajstić information content (AvgIpc) is 3.36. The number of amides is 1. The van der Waals surface area contributed by atoms with Crippen molar-refractivity contribution in [2.24, 2.45) is 5.92 Å². The molecule has 0 unspecified atom stereocenters. The summed E-state index contributed by atoms with van der Waals surface area (Å²) in [5.41, 5.74) is 0. The van der Waals surface area contributed by atoms with Crippen LogP contribution in [0.5, 0.6) is 0 Å². The molecule has 2 N–H and O–H groups in total. The third kappa shape index (κ3) is 3.83. The van der Waals surface area contributed by atoms with Gasteiger partial charge in [-0.05, 0) is 38.8 Å². The van der Waals surface area contributed by atoms with E-state index >= 15 is 0 Å². The van der Waals surface area contributed by atoms with Crippen LogP contribution < -0.4 is 5.32 Å². The highest BCUT2D eigenvalue weighted by atomic mass is 32.1. The number of carbonyl (C=O) groups is 1. The van der Waals surface area contributed by atoms with Gasteiger partial charge < -0.3 is 5.32 Å². The van der Waals surface area contributed by atoms with E-state index in [0.29, 0.717) is 0 Å². The molecule has 7 heteroatoms. The molecule has 3 heterocycles. The van der Waals surface area contributed by atoms with Gasteiger partial charge in [-0.2, -0.15) is 5.10 Å². The van der Waals surface area contributed by atoms with E-state index in [2.05, 4.69) is 44.5 Å². The van der Waals surface area contributed by atoms with Gasteiger partial charge in [0.25, 0.3) is 0 Å². The van der Waals surface area contributed by atoms with Gasteiger partial charge in [-0.25, -0.2) is 4.98 Å². The molecule has 0 bridgehead atoms. The Hall–Kier alpha value is -1.73. The van der Waals surface area contributed by atoms with Crippen molar-refractivity contribution < 1.29 is 4.79 Å². The Kier molecular flexibility index (Phi) is 5.09. The van der Waals surface area contributed by atoms with Gasteiger partial charge in [0.15, 0.2) is 5.82 Å². The van der Waals surface area contributed by atoms with Gasteiger partial charge in [0.1, 0.15) is 5.82 Å². The highest BCUT2D eigenvalue weighted by Crippen LogP contribution is 2.30. The van der Waals surface area contributed by atoms with Crippen molar-refractivity contribution >= 4 is 17.2 Å². The fraction of sp³-hybridized carbons (Fsp3) is 0.632. The Labute approximate surface area is 158 Å². The van der Waals surface area contributed by atoms with Crippen molar-refractivity contribution in [1.29, 1.82) is 0 Å². The maximum Gasteiger partial charge on any atom is 0.223 e. The lowest BCUT2D eigenvalue weighted by molar-refractivity contribution is -0.125. The summed E-state index contributed by atoms with van der Waals surface area (Å²) in [5, 5.41) is 10.7. The molecule has 2 aromatic rings. The Bertz CT molecular complexity index is 764. The summed E-state index contributed by atoms with van der Waals surface area (Å²) in [6, 6.07) is 4.46. The number of carbonyl (C=O) groups excluding carboxylic acids is 1. The number of aromatic nitrogens is 3. The molecule has 1 aliphatic heterocycles. The first-order valence-electron chi connectivity index (χ1n) is 9.55. The van der Waals surface area contributed by atoms with Gasteiger partial charge in [0, 0.05) is 35.3 Å². The Morgan fingerprint density at radius 1 is 1.31 bits per heavy atom. The summed E-state index contributed by atoms with van der Waals surface area (Å²) in [7, 11) is 0. The van der Waals surface area contributed by atoms with E-state index < -0.39 is 0 Å². The number of aromatic amines is 1. The van der Waals surface area contributed by atoms with Gasteiger partial charge in [-0.3, -0.25) is 14.8 Å². The fourth-order valence-corrected chi connectivity index (χ4v) is 5.16. The van der Waals surface area contributed by atoms with E-state index in [1.807, 2.05) is 18.3 Å². The predicted molar refractivity (Wildman–Crippen MR) is 102 cm³/mol. The number of nitrogens with one attached hydrogen (secondary N) is 2. The Balaban J connectivity index is 1.47. The number of nitrogens with zero attached hydrogens (tertiary/aromatic N) is 3. The molecule has 2 atom stereocenters. The highest BCUT2D eigenvalue weighted by molar-refractivity contribution is 7.11. The standard InChI is InChI=1S/C19H27N5OS/c1-12-7-8-15(26-12)9-24-10-16(18-20-13(2)22-23-18)17(11-24)21-19(25)14-5-3-4-6-14/h7-8,14,16-17H,3-6,9-11H2,1-2H3,(H,21,25)(H,20,22,23)/t16-,17-/m1/s1. The number of rotatable bonds is 5. The molecule has 2 fully saturated rings. The molecule has 140 valence electrons. The van der Waals surface area contributed by atoms with Crippen LogP contribution in [0.25, 0.3) is 0 Å². The van der Waals surface area contributed by atoms with Crippen molar-refractivity contribution in [2.75, 3.05) is 13.1 Å². The number of thiophene rings is 1. The number of likely N-dealkylation sites (tertiary alicyclic amines) is 1.